The Morgan fingerprint density at radius 3 is 2.68 bits per heavy atom. The van der Waals surface area contributed by atoms with Crippen LogP contribution < -0.4 is 4.90 Å². The second-order valence-corrected chi connectivity index (χ2v) is 7.64. The molecule has 166 valence electrons. The Morgan fingerprint density at radius 1 is 1.26 bits per heavy atom. The van der Waals surface area contributed by atoms with E-state index in [1.807, 2.05) is 44.2 Å². The molecule has 0 aliphatic carbocycles. The van der Waals surface area contributed by atoms with E-state index in [0.29, 0.717) is 31.2 Å². The molecule has 0 saturated carbocycles. The van der Waals surface area contributed by atoms with E-state index < -0.39 is 5.92 Å². The number of fused-ring (bicyclic) bond motifs is 1. The lowest BCUT2D eigenvalue weighted by atomic mass is 10.1. The molecule has 4 rings (SSSR count). The summed E-state index contributed by atoms with van der Waals surface area (Å²) in [6, 6.07) is 12.1. The fraction of sp³-hybridized carbons (Fsp3) is 0.417. The minimum Gasteiger partial charge on any atom is -0.469 e. The minimum absolute atomic E-state index is 0.0367. The van der Waals surface area contributed by atoms with Gasteiger partial charge in [-0.05, 0) is 31.5 Å². The van der Waals surface area contributed by atoms with Crippen LogP contribution in [-0.2, 0) is 4.74 Å². The molecule has 2 fully saturated rings. The largest absolute Gasteiger partial charge is 0.469 e. The number of nitrogens with zero attached hydrogens (tertiary/aromatic N) is 4. The van der Waals surface area contributed by atoms with E-state index in [4.69, 9.17) is 9.72 Å². The number of allylic oxidation sites excluding steroid dienone is 1. The van der Waals surface area contributed by atoms with Crippen LogP contribution in [0.4, 0.5) is 14.6 Å². The van der Waals surface area contributed by atoms with Crippen LogP contribution in [0.1, 0.15) is 26.7 Å². The van der Waals surface area contributed by atoms with Crippen molar-refractivity contribution in [3.63, 3.8) is 0 Å². The van der Waals surface area contributed by atoms with Gasteiger partial charge in [-0.3, -0.25) is 0 Å². The van der Waals surface area contributed by atoms with Gasteiger partial charge in [-0.1, -0.05) is 25.1 Å². The molecule has 2 aliphatic rings. The van der Waals surface area contributed by atoms with E-state index in [1.165, 1.54) is 0 Å². The molecule has 5 nitrogen and oxygen atoms in total. The van der Waals surface area contributed by atoms with Gasteiger partial charge in [0.15, 0.2) is 0 Å². The van der Waals surface area contributed by atoms with Crippen molar-refractivity contribution in [2.24, 2.45) is 4.99 Å². The molecular formula is C24H30F2N4O. The Balaban J connectivity index is 0.00000132. The van der Waals surface area contributed by atoms with E-state index in [0.717, 1.165) is 23.1 Å². The number of aromatic nitrogens is 1. The van der Waals surface area contributed by atoms with Crippen molar-refractivity contribution in [2.75, 3.05) is 31.1 Å². The number of halogens is 2. The van der Waals surface area contributed by atoms with E-state index >= 15 is 0 Å². The lowest BCUT2D eigenvalue weighted by molar-refractivity contribution is 0.0140. The van der Waals surface area contributed by atoms with Crippen molar-refractivity contribution < 1.29 is 13.5 Å². The Hall–Kier alpha value is -2.96. The minimum atomic E-state index is -2.64. The van der Waals surface area contributed by atoms with Crippen LogP contribution in [0, 0.1) is 0 Å². The molecule has 0 unspecified atom stereocenters. The first-order valence-electron chi connectivity index (χ1n) is 10.6. The Bertz CT molecular complexity index is 953. The quantitative estimate of drug-likeness (QED) is 0.358. The highest BCUT2D eigenvalue weighted by molar-refractivity contribution is 5.80. The molecule has 3 heterocycles. The number of benzene rings is 1. The normalized spacial score (nSPS) is 19.1. The second kappa shape index (κ2) is 9.90. The maximum Gasteiger partial charge on any atom is 0.266 e. The number of likely N-dealkylation sites (tertiary alicyclic amines) is 1. The van der Waals surface area contributed by atoms with Crippen LogP contribution in [0.5, 0.6) is 0 Å². The standard InChI is InChI=1S/C22H26F2N4O.C2H4/c1-3-11-25-21(16(2)27-12-10-22(23,24)15-27)29-18-13-28(14-18)20-9-8-17-6-4-5-7-19(17)26-20;1-2/h4-9,11,18H,3,10,12-15H2,1-2H3;1-2H2/b21-16-,25-11-;. The van der Waals surface area contributed by atoms with Gasteiger partial charge in [0.2, 0.25) is 5.88 Å². The predicted octanol–water partition coefficient (Wildman–Crippen LogP) is 5.25. The molecule has 31 heavy (non-hydrogen) atoms. The number of alkyl halides is 2. The number of aliphatic imine (C=N–C) groups is 1. The van der Waals surface area contributed by atoms with Gasteiger partial charge in [-0.2, -0.15) is 0 Å². The highest BCUT2D eigenvalue weighted by Gasteiger charge is 2.39. The van der Waals surface area contributed by atoms with Crippen LogP contribution in [0.15, 0.2) is 66.1 Å². The van der Waals surface area contributed by atoms with E-state index in [-0.39, 0.29) is 19.1 Å². The smallest absolute Gasteiger partial charge is 0.266 e. The van der Waals surface area contributed by atoms with Crippen molar-refractivity contribution >= 4 is 22.9 Å². The molecule has 0 amide bonds. The summed E-state index contributed by atoms with van der Waals surface area (Å²) in [6.45, 7) is 11.2. The zero-order valence-corrected chi connectivity index (χ0v) is 18.2. The zero-order chi connectivity index (χ0) is 22.4. The highest BCUT2D eigenvalue weighted by Crippen LogP contribution is 2.31. The van der Waals surface area contributed by atoms with Crippen LogP contribution in [-0.4, -0.2) is 54.3 Å². The van der Waals surface area contributed by atoms with Gasteiger partial charge in [-0.25, -0.2) is 18.8 Å². The first-order chi connectivity index (χ1) is 14.9. The van der Waals surface area contributed by atoms with Crippen molar-refractivity contribution in [3.8, 4) is 0 Å². The topological polar surface area (TPSA) is 41.0 Å². The van der Waals surface area contributed by atoms with Crippen molar-refractivity contribution in [3.05, 3.63) is 61.1 Å². The zero-order valence-electron chi connectivity index (χ0n) is 18.2. The number of anilines is 1. The van der Waals surface area contributed by atoms with Gasteiger partial charge < -0.3 is 14.5 Å². The maximum atomic E-state index is 13.6. The molecule has 2 saturated heterocycles. The van der Waals surface area contributed by atoms with Crippen LogP contribution in [0.2, 0.25) is 0 Å². The molecule has 1 aromatic heterocycles. The number of para-hydroxylation sites is 1. The lowest BCUT2D eigenvalue weighted by Crippen LogP contribution is -2.52. The van der Waals surface area contributed by atoms with Gasteiger partial charge >= 0.3 is 0 Å². The third kappa shape index (κ3) is 5.40. The van der Waals surface area contributed by atoms with E-state index in [1.54, 1.807) is 11.1 Å². The summed E-state index contributed by atoms with van der Waals surface area (Å²) >= 11 is 0. The molecular weight excluding hydrogens is 398 g/mol. The van der Waals surface area contributed by atoms with E-state index in [2.05, 4.69) is 29.1 Å². The Kier molecular flexibility index (Phi) is 7.25. The number of ether oxygens (including phenoxy) is 1. The number of hydrogen-bond acceptors (Lipinski definition) is 5. The maximum absolute atomic E-state index is 13.6. The summed E-state index contributed by atoms with van der Waals surface area (Å²) in [5.74, 6) is -1.28. The fourth-order valence-electron chi connectivity index (χ4n) is 3.63. The SMILES string of the molecule is C=C.CC/C=N\C(OC1CN(c2ccc3ccccc3n2)C1)=C(/C)N1CCC(F)(F)C1. The van der Waals surface area contributed by atoms with Crippen molar-refractivity contribution in [1.82, 2.24) is 9.88 Å². The first kappa shape index (κ1) is 22.7. The number of pyridine rings is 1. The average Bonchev–Trinajstić information content (AvgIpc) is 3.13. The molecule has 0 N–H and O–H groups in total. The third-order valence-electron chi connectivity index (χ3n) is 5.38. The summed E-state index contributed by atoms with van der Waals surface area (Å²) in [4.78, 5) is 12.9. The third-order valence-corrected chi connectivity index (χ3v) is 5.38. The van der Waals surface area contributed by atoms with Gasteiger partial charge in [0.05, 0.1) is 30.8 Å². The second-order valence-electron chi connectivity index (χ2n) is 7.64. The van der Waals surface area contributed by atoms with Crippen LogP contribution in [0.25, 0.3) is 10.9 Å². The van der Waals surface area contributed by atoms with Gasteiger partial charge in [0, 0.05) is 24.6 Å². The highest BCUT2D eigenvalue weighted by atomic mass is 19.3. The molecule has 1 aromatic carbocycles. The lowest BCUT2D eigenvalue weighted by Gasteiger charge is -2.40. The van der Waals surface area contributed by atoms with Crippen LogP contribution in [0.3, 0.4) is 0 Å². The van der Waals surface area contributed by atoms with Gasteiger partial charge in [0.25, 0.3) is 5.92 Å². The number of hydrogen-bond donors (Lipinski definition) is 0. The number of rotatable bonds is 6. The Labute approximate surface area is 182 Å². The predicted molar refractivity (Wildman–Crippen MR) is 123 cm³/mol. The summed E-state index contributed by atoms with van der Waals surface area (Å²) in [6.07, 6.45) is 2.35. The molecule has 0 spiro atoms. The fourth-order valence-corrected chi connectivity index (χ4v) is 3.63. The van der Waals surface area contributed by atoms with Gasteiger partial charge in [-0.15, -0.1) is 13.2 Å². The molecule has 0 bridgehead atoms. The molecule has 2 aliphatic heterocycles. The summed E-state index contributed by atoms with van der Waals surface area (Å²) < 4.78 is 33.3. The summed E-state index contributed by atoms with van der Waals surface area (Å²) in [5.41, 5.74) is 1.64. The molecule has 7 heteroatoms. The van der Waals surface area contributed by atoms with Crippen molar-refractivity contribution in [2.45, 2.75) is 38.7 Å². The first-order valence-corrected chi connectivity index (χ1v) is 10.6. The van der Waals surface area contributed by atoms with E-state index in [9.17, 15) is 8.78 Å². The molecule has 2 aromatic rings. The van der Waals surface area contributed by atoms with Crippen LogP contribution >= 0.6 is 0 Å². The Morgan fingerprint density at radius 2 is 2.00 bits per heavy atom. The molecule has 0 radical (unpaired) electrons. The molecule has 0 atom stereocenters. The monoisotopic (exact) mass is 428 g/mol. The average molecular weight is 429 g/mol. The summed E-state index contributed by atoms with van der Waals surface area (Å²) in [7, 11) is 0. The summed E-state index contributed by atoms with van der Waals surface area (Å²) in [5, 5.41) is 1.11. The van der Waals surface area contributed by atoms with Crippen molar-refractivity contribution in [1.29, 1.82) is 0 Å². The van der Waals surface area contributed by atoms with Gasteiger partial charge in [0.1, 0.15) is 11.9 Å².